The van der Waals surface area contributed by atoms with Crippen LogP contribution >= 0.6 is 15.9 Å². The summed E-state index contributed by atoms with van der Waals surface area (Å²) in [4.78, 5) is 6.85. The number of hydrogen-bond donors (Lipinski definition) is 0. The highest BCUT2D eigenvalue weighted by atomic mass is 79.9. The van der Waals surface area contributed by atoms with Gasteiger partial charge >= 0.3 is 0 Å². The van der Waals surface area contributed by atoms with Gasteiger partial charge in [0.15, 0.2) is 0 Å². The topological polar surface area (TPSA) is 28.7 Å². The lowest BCUT2D eigenvalue weighted by molar-refractivity contribution is 0.549. The van der Waals surface area contributed by atoms with Crippen molar-refractivity contribution in [1.29, 1.82) is 0 Å². The second-order valence-corrected chi connectivity index (χ2v) is 6.09. The zero-order chi connectivity index (χ0) is 14.7. The lowest BCUT2D eigenvalue weighted by Gasteiger charge is -2.13. The number of benzene rings is 1. The Morgan fingerprint density at radius 3 is 2.81 bits per heavy atom. The number of nitrogens with zero attached hydrogens (tertiary/aromatic N) is 2. The van der Waals surface area contributed by atoms with Crippen LogP contribution in [0.5, 0.6) is 0 Å². The first-order valence-electron chi connectivity index (χ1n) is 7.44. The zero-order valence-corrected chi connectivity index (χ0v) is 13.8. The molecule has 0 saturated carbocycles. The van der Waals surface area contributed by atoms with Crippen LogP contribution in [0.25, 0.3) is 0 Å². The SMILES string of the molecule is CCc1ccccc1N=Cc1cc(Br)c(N2CCCC2)o1. The molecule has 2 heterocycles. The summed E-state index contributed by atoms with van der Waals surface area (Å²) in [6.45, 7) is 4.28. The van der Waals surface area contributed by atoms with Crippen molar-refractivity contribution < 1.29 is 4.42 Å². The molecule has 0 unspecified atom stereocenters. The van der Waals surface area contributed by atoms with Crippen LogP contribution in [-0.4, -0.2) is 19.3 Å². The van der Waals surface area contributed by atoms with Gasteiger partial charge in [0, 0.05) is 19.2 Å². The minimum absolute atomic E-state index is 0.787. The second-order valence-electron chi connectivity index (χ2n) is 5.24. The standard InChI is InChI=1S/C17H19BrN2O/c1-2-13-7-3-4-8-16(13)19-12-14-11-15(18)17(21-14)20-9-5-6-10-20/h3-4,7-8,11-12H,2,5-6,9-10H2,1H3. The Morgan fingerprint density at radius 1 is 1.29 bits per heavy atom. The van der Waals surface area contributed by atoms with Gasteiger partial charge in [-0.15, -0.1) is 0 Å². The van der Waals surface area contributed by atoms with E-state index in [0.717, 1.165) is 41.3 Å². The number of hydrogen-bond acceptors (Lipinski definition) is 3. The van der Waals surface area contributed by atoms with E-state index in [4.69, 9.17) is 4.42 Å². The van der Waals surface area contributed by atoms with Crippen molar-refractivity contribution in [3.05, 3.63) is 46.1 Å². The number of para-hydroxylation sites is 1. The van der Waals surface area contributed by atoms with E-state index < -0.39 is 0 Å². The predicted octanol–water partition coefficient (Wildman–Crippen LogP) is 4.96. The molecule has 0 bridgehead atoms. The molecule has 0 radical (unpaired) electrons. The number of aliphatic imine (C=N–C) groups is 1. The van der Waals surface area contributed by atoms with Gasteiger partial charge < -0.3 is 9.32 Å². The van der Waals surface area contributed by atoms with Crippen molar-refractivity contribution in [2.75, 3.05) is 18.0 Å². The van der Waals surface area contributed by atoms with Gasteiger partial charge in [0.05, 0.1) is 16.4 Å². The summed E-state index contributed by atoms with van der Waals surface area (Å²) in [6.07, 6.45) is 5.26. The number of anilines is 1. The minimum Gasteiger partial charge on any atom is -0.438 e. The molecular formula is C17H19BrN2O. The molecule has 1 fully saturated rings. The maximum atomic E-state index is 5.92. The van der Waals surface area contributed by atoms with Gasteiger partial charge in [-0.05, 0) is 46.8 Å². The van der Waals surface area contributed by atoms with Gasteiger partial charge in [0.25, 0.3) is 0 Å². The van der Waals surface area contributed by atoms with E-state index in [2.05, 4.69) is 38.8 Å². The molecule has 0 N–H and O–H groups in total. The Labute approximate surface area is 133 Å². The molecule has 0 atom stereocenters. The first kappa shape index (κ1) is 14.4. The lowest BCUT2D eigenvalue weighted by atomic mass is 10.1. The normalized spacial score (nSPS) is 15.2. The van der Waals surface area contributed by atoms with Crippen LogP contribution in [0.2, 0.25) is 0 Å². The quantitative estimate of drug-likeness (QED) is 0.732. The fraction of sp³-hybridized carbons (Fsp3) is 0.353. The third-order valence-electron chi connectivity index (χ3n) is 3.78. The summed E-state index contributed by atoms with van der Waals surface area (Å²) >= 11 is 3.58. The van der Waals surface area contributed by atoms with E-state index in [-0.39, 0.29) is 0 Å². The first-order chi connectivity index (χ1) is 10.3. The van der Waals surface area contributed by atoms with Crippen LogP contribution in [0.3, 0.4) is 0 Å². The molecule has 1 aromatic carbocycles. The Balaban J connectivity index is 1.81. The minimum atomic E-state index is 0.787. The summed E-state index contributed by atoms with van der Waals surface area (Å²) in [7, 11) is 0. The van der Waals surface area contributed by atoms with E-state index in [1.807, 2.05) is 24.3 Å². The molecule has 1 aliphatic heterocycles. The maximum absolute atomic E-state index is 5.92. The molecule has 2 aromatic rings. The van der Waals surface area contributed by atoms with Crippen LogP contribution in [-0.2, 0) is 6.42 Å². The molecule has 3 rings (SSSR count). The van der Waals surface area contributed by atoms with Crippen LogP contribution in [0.4, 0.5) is 11.6 Å². The van der Waals surface area contributed by atoms with Crippen molar-refractivity contribution in [3.8, 4) is 0 Å². The summed E-state index contributed by atoms with van der Waals surface area (Å²) in [5, 5.41) is 0. The number of furan rings is 1. The van der Waals surface area contributed by atoms with Crippen LogP contribution in [0, 0.1) is 0 Å². The van der Waals surface area contributed by atoms with Crippen LogP contribution in [0.1, 0.15) is 31.1 Å². The van der Waals surface area contributed by atoms with Crippen molar-refractivity contribution >= 4 is 33.7 Å². The molecule has 4 heteroatoms. The average molecular weight is 347 g/mol. The molecule has 1 saturated heterocycles. The number of rotatable bonds is 4. The Kier molecular flexibility index (Phi) is 4.44. The molecular weight excluding hydrogens is 328 g/mol. The smallest absolute Gasteiger partial charge is 0.210 e. The monoisotopic (exact) mass is 346 g/mol. The van der Waals surface area contributed by atoms with E-state index in [1.54, 1.807) is 6.21 Å². The second kappa shape index (κ2) is 6.48. The van der Waals surface area contributed by atoms with Crippen molar-refractivity contribution in [1.82, 2.24) is 0 Å². The summed E-state index contributed by atoms with van der Waals surface area (Å²) in [6, 6.07) is 10.2. The summed E-state index contributed by atoms with van der Waals surface area (Å²) in [5.41, 5.74) is 2.26. The van der Waals surface area contributed by atoms with Crippen molar-refractivity contribution in [3.63, 3.8) is 0 Å². The molecule has 110 valence electrons. The highest BCUT2D eigenvalue weighted by molar-refractivity contribution is 9.10. The van der Waals surface area contributed by atoms with Crippen LogP contribution < -0.4 is 4.90 Å². The van der Waals surface area contributed by atoms with Gasteiger partial charge in [-0.25, -0.2) is 0 Å². The van der Waals surface area contributed by atoms with Crippen LogP contribution in [0.15, 0.2) is 44.2 Å². The highest BCUT2D eigenvalue weighted by Crippen LogP contribution is 2.32. The Morgan fingerprint density at radius 2 is 2.05 bits per heavy atom. The number of aryl methyl sites for hydroxylation is 1. The van der Waals surface area contributed by atoms with Gasteiger partial charge in [-0.3, -0.25) is 4.99 Å². The van der Waals surface area contributed by atoms with Crippen molar-refractivity contribution in [2.24, 2.45) is 4.99 Å². The van der Waals surface area contributed by atoms with E-state index >= 15 is 0 Å². The first-order valence-corrected chi connectivity index (χ1v) is 8.23. The van der Waals surface area contributed by atoms with Gasteiger partial charge in [0.2, 0.25) is 5.88 Å². The zero-order valence-electron chi connectivity index (χ0n) is 12.2. The maximum Gasteiger partial charge on any atom is 0.210 e. The summed E-state index contributed by atoms with van der Waals surface area (Å²) in [5.74, 6) is 1.72. The highest BCUT2D eigenvalue weighted by Gasteiger charge is 2.19. The van der Waals surface area contributed by atoms with Gasteiger partial charge in [0.1, 0.15) is 5.76 Å². The molecule has 1 aromatic heterocycles. The van der Waals surface area contributed by atoms with Crippen molar-refractivity contribution in [2.45, 2.75) is 26.2 Å². The Hall–Kier alpha value is -1.55. The molecule has 0 amide bonds. The average Bonchev–Trinajstić information content (AvgIpc) is 3.14. The fourth-order valence-corrected chi connectivity index (χ4v) is 3.20. The van der Waals surface area contributed by atoms with E-state index in [9.17, 15) is 0 Å². The lowest BCUT2D eigenvalue weighted by Crippen LogP contribution is -2.17. The predicted molar refractivity (Wildman–Crippen MR) is 90.9 cm³/mol. The summed E-state index contributed by atoms with van der Waals surface area (Å²) < 4.78 is 6.93. The van der Waals surface area contributed by atoms with E-state index in [0.29, 0.717) is 0 Å². The third-order valence-corrected chi connectivity index (χ3v) is 4.35. The molecule has 0 aliphatic carbocycles. The molecule has 1 aliphatic rings. The Bertz CT molecular complexity index is 642. The van der Waals surface area contributed by atoms with Gasteiger partial charge in [-0.1, -0.05) is 25.1 Å². The third kappa shape index (κ3) is 3.21. The largest absolute Gasteiger partial charge is 0.438 e. The fourth-order valence-electron chi connectivity index (χ4n) is 2.64. The van der Waals surface area contributed by atoms with Gasteiger partial charge in [-0.2, -0.15) is 0 Å². The van der Waals surface area contributed by atoms with E-state index in [1.165, 1.54) is 18.4 Å². The number of halogens is 1. The molecule has 3 nitrogen and oxygen atoms in total. The molecule has 0 spiro atoms. The molecule has 21 heavy (non-hydrogen) atoms.